The Bertz CT molecular complexity index is 138. The summed E-state index contributed by atoms with van der Waals surface area (Å²) in [6.07, 6.45) is 4.64. The summed E-state index contributed by atoms with van der Waals surface area (Å²) in [5, 5.41) is 0. The zero-order chi connectivity index (χ0) is 6.69. The lowest BCUT2D eigenvalue weighted by molar-refractivity contribution is -0.114. The van der Waals surface area contributed by atoms with Gasteiger partial charge in [-0.05, 0) is 13.3 Å². The van der Waals surface area contributed by atoms with Crippen LogP contribution in [0.4, 0.5) is 0 Å². The summed E-state index contributed by atoms with van der Waals surface area (Å²) in [6.45, 7) is 1.96. The molecule has 0 radical (unpaired) electrons. The molecule has 0 saturated heterocycles. The molecule has 1 unspecified atom stereocenters. The molecule has 1 aliphatic rings. The molecule has 0 saturated carbocycles. The van der Waals surface area contributed by atoms with Gasteiger partial charge in [0.15, 0.2) is 5.78 Å². The van der Waals surface area contributed by atoms with Crippen molar-refractivity contribution < 1.29 is 9.53 Å². The number of allylic oxidation sites excluding steroid dienone is 1. The van der Waals surface area contributed by atoms with Crippen molar-refractivity contribution in [3.05, 3.63) is 12.3 Å². The molecule has 1 rings (SSSR count). The van der Waals surface area contributed by atoms with Crippen LogP contribution < -0.4 is 0 Å². The van der Waals surface area contributed by atoms with E-state index in [2.05, 4.69) is 0 Å². The molecule has 0 aliphatic carbocycles. The van der Waals surface area contributed by atoms with Gasteiger partial charge in [0.1, 0.15) is 0 Å². The molecule has 0 aromatic carbocycles. The van der Waals surface area contributed by atoms with E-state index in [4.69, 9.17) is 4.74 Å². The van der Waals surface area contributed by atoms with Gasteiger partial charge in [0.25, 0.3) is 0 Å². The number of hydrogen-bond donors (Lipinski definition) is 0. The molecule has 0 aromatic rings. The van der Waals surface area contributed by atoms with E-state index in [0.29, 0.717) is 6.42 Å². The van der Waals surface area contributed by atoms with Crippen molar-refractivity contribution in [1.29, 1.82) is 0 Å². The normalized spacial score (nSPS) is 27.2. The maximum atomic E-state index is 10.7. The predicted octanol–water partition coefficient (Wildman–Crippen LogP) is 1.27. The van der Waals surface area contributed by atoms with Crippen molar-refractivity contribution in [2.24, 2.45) is 0 Å². The molecule has 0 spiro atoms. The number of hydrogen-bond acceptors (Lipinski definition) is 2. The zero-order valence-electron chi connectivity index (χ0n) is 5.46. The van der Waals surface area contributed by atoms with E-state index in [-0.39, 0.29) is 11.9 Å². The van der Waals surface area contributed by atoms with E-state index < -0.39 is 0 Å². The molecule has 0 N–H and O–H groups in total. The standard InChI is InChI=1S/C7H10O2/c1-6-2-3-7(8)4-5-9-6/h4-6H,2-3H2,1H3. The van der Waals surface area contributed by atoms with E-state index in [1.54, 1.807) is 0 Å². The minimum absolute atomic E-state index is 0.166. The van der Waals surface area contributed by atoms with Crippen LogP contribution in [0.15, 0.2) is 12.3 Å². The predicted molar refractivity (Wildman–Crippen MR) is 33.9 cm³/mol. The van der Waals surface area contributed by atoms with Gasteiger partial charge >= 0.3 is 0 Å². The zero-order valence-corrected chi connectivity index (χ0v) is 5.46. The summed E-state index contributed by atoms with van der Waals surface area (Å²) in [7, 11) is 0. The third kappa shape index (κ3) is 1.88. The second-order valence-corrected chi connectivity index (χ2v) is 2.25. The van der Waals surface area contributed by atoms with Crippen LogP contribution in [-0.4, -0.2) is 11.9 Å². The van der Waals surface area contributed by atoms with Gasteiger partial charge in [-0.3, -0.25) is 4.79 Å². The van der Waals surface area contributed by atoms with Gasteiger partial charge in [-0.1, -0.05) is 0 Å². The first-order valence-corrected chi connectivity index (χ1v) is 3.14. The van der Waals surface area contributed by atoms with Crippen molar-refractivity contribution in [3.8, 4) is 0 Å². The SMILES string of the molecule is CC1CCC(=O)C=CO1. The van der Waals surface area contributed by atoms with E-state index in [1.165, 1.54) is 12.3 Å². The molecule has 0 aromatic heterocycles. The highest BCUT2D eigenvalue weighted by atomic mass is 16.5. The highest BCUT2D eigenvalue weighted by Gasteiger charge is 2.07. The van der Waals surface area contributed by atoms with Crippen LogP contribution >= 0.6 is 0 Å². The Morgan fingerprint density at radius 1 is 1.78 bits per heavy atom. The first-order valence-electron chi connectivity index (χ1n) is 3.14. The number of rotatable bonds is 0. The molecule has 50 valence electrons. The molecule has 9 heavy (non-hydrogen) atoms. The summed E-state index contributed by atoms with van der Waals surface area (Å²) in [5.74, 6) is 0.166. The van der Waals surface area contributed by atoms with Crippen LogP contribution in [-0.2, 0) is 9.53 Å². The summed E-state index contributed by atoms with van der Waals surface area (Å²) in [6, 6.07) is 0. The second-order valence-electron chi connectivity index (χ2n) is 2.25. The van der Waals surface area contributed by atoms with Gasteiger partial charge < -0.3 is 4.74 Å². The van der Waals surface area contributed by atoms with Crippen LogP contribution in [0, 0.1) is 0 Å². The third-order valence-electron chi connectivity index (χ3n) is 1.36. The number of carbonyl (C=O) groups is 1. The molecule has 0 bridgehead atoms. The average Bonchev–Trinajstić information content (AvgIpc) is 1.97. The highest BCUT2D eigenvalue weighted by Crippen LogP contribution is 2.06. The Balaban J connectivity index is 2.48. The van der Waals surface area contributed by atoms with Crippen LogP contribution in [0.25, 0.3) is 0 Å². The number of carbonyl (C=O) groups excluding carboxylic acids is 1. The Morgan fingerprint density at radius 2 is 2.56 bits per heavy atom. The lowest BCUT2D eigenvalue weighted by Crippen LogP contribution is -2.02. The molecule has 0 fully saturated rings. The van der Waals surface area contributed by atoms with Gasteiger partial charge in [0.05, 0.1) is 12.4 Å². The number of ether oxygens (including phenoxy) is 1. The van der Waals surface area contributed by atoms with Gasteiger partial charge in [-0.15, -0.1) is 0 Å². The first kappa shape index (κ1) is 6.33. The van der Waals surface area contributed by atoms with Crippen molar-refractivity contribution >= 4 is 5.78 Å². The van der Waals surface area contributed by atoms with Crippen molar-refractivity contribution in [2.75, 3.05) is 0 Å². The van der Waals surface area contributed by atoms with Crippen LogP contribution in [0.2, 0.25) is 0 Å². The Hall–Kier alpha value is -0.790. The van der Waals surface area contributed by atoms with Gasteiger partial charge in [-0.2, -0.15) is 0 Å². The van der Waals surface area contributed by atoms with E-state index in [0.717, 1.165) is 6.42 Å². The lowest BCUT2D eigenvalue weighted by atomic mass is 10.2. The molecule has 2 nitrogen and oxygen atoms in total. The second kappa shape index (κ2) is 2.67. The quantitative estimate of drug-likeness (QED) is 0.488. The Labute approximate surface area is 54.5 Å². The summed E-state index contributed by atoms with van der Waals surface area (Å²) in [5.41, 5.74) is 0. The highest BCUT2D eigenvalue weighted by molar-refractivity contribution is 5.89. The van der Waals surface area contributed by atoms with E-state index in [9.17, 15) is 4.79 Å². The van der Waals surface area contributed by atoms with Crippen molar-refractivity contribution in [3.63, 3.8) is 0 Å². The summed E-state index contributed by atoms with van der Waals surface area (Å²) in [4.78, 5) is 10.7. The Kier molecular flexibility index (Phi) is 1.88. The first-order chi connectivity index (χ1) is 4.29. The fraction of sp³-hybridized carbons (Fsp3) is 0.571. The fourth-order valence-corrected chi connectivity index (χ4v) is 0.746. The monoisotopic (exact) mass is 126 g/mol. The van der Waals surface area contributed by atoms with E-state index in [1.807, 2.05) is 6.92 Å². The molecular weight excluding hydrogens is 116 g/mol. The molecule has 1 aliphatic heterocycles. The maximum absolute atomic E-state index is 10.7. The lowest BCUT2D eigenvalue weighted by Gasteiger charge is -2.05. The third-order valence-corrected chi connectivity index (χ3v) is 1.36. The number of ketones is 1. The average molecular weight is 126 g/mol. The van der Waals surface area contributed by atoms with Gasteiger partial charge in [0.2, 0.25) is 0 Å². The summed E-state index contributed by atoms with van der Waals surface area (Å²) >= 11 is 0. The minimum Gasteiger partial charge on any atom is -0.498 e. The molecular formula is C7H10O2. The fourth-order valence-electron chi connectivity index (χ4n) is 0.746. The van der Waals surface area contributed by atoms with Crippen molar-refractivity contribution in [1.82, 2.24) is 0 Å². The van der Waals surface area contributed by atoms with Crippen LogP contribution in [0.1, 0.15) is 19.8 Å². The smallest absolute Gasteiger partial charge is 0.158 e. The van der Waals surface area contributed by atoms with Gasteiger partial charge in [-0.25, -0.2) is 0 Å². The maximum Gasteiger partial charge on any atom is 0.158 e. The molecule has 2 heteroatoms. The van der Waals surface area contributed by atoms with Crippen LogP contribution in [0.3, 0.4) is 0 Å². The van der Waals surface area contributed by atoms with Crippen LogP contribution in [0.5, 0.6) is 0 Å². The topological polar surface area (TPSA) is 26.3 Å². The molecule has 0 amide bonds. The molecule has 1 atom stereocenters. The Morgan fingerprint density at radius 3 is 3.33 bits per heavy atom. The summed E-state index contributed by atoms with van der Waals surface area (Å²) < 4.78 is 5.07. The van der Waals surface area contributed by atoms with Gasteiger partial charge in [0, 0.05) is 12.5 Å². The molecule has 1 heterocycles. The largest absolute Gasteiger partial charge is 0.498 e. The van der Waals surface area contributed by atoms with E-state index >= 15 is 0 Å². The minimum atomic E-state index is 0.166. The van der Waals surface area contributed by atoms with Crippen molar-refractivity contribution in [2.45, 2.75) is 25.9 Å².